The first-order chi connectivity index (χ1) is 9.99. The van der Waals surface area contributed by atoms with Gasteiger partial charge in [0.2, 0.25) is 0 Å². The Hall–Kier alpha value is -2.40. The van der Waals surface area contributed by atoms with Crippen molar-refractivity contribution in [1.82, 2.24) is 9.55 Å². The fourth-order valence-corrected chi connectivity index (χ4v) is 2.53. The van der Waals surface area contributed by atoms with Crippen molar-refractivity contribution >= 4 is 28.6 Å². The molecule has 1 aromatic heterocycles. The summed E-state index contributed by atoms with van der Waals surface area (Å²) in [4.78, 5) is 15.7. The van der Waals surface area contributed by atoms with Crippen LogP contribution in [-0.2, 0) is 0 Å². The van der Waals surface area contributed by atoms with Crippen LogP contribution in [0.1, 0.15) is 16.2 Å². The molecule has 1 heterocycles. The summed E-state index contributed by atoms with van der Waals surface area (Å²) in [5, 5.41) is 9.31. The minimum Gasteiger partial charge on any atom is -0.478 e. The second-order valence-electron chi connectivity index (χ2n) is 4.57. The summed E-state index contributed by atoms with van der Waals surface area (Å²) < 4.78 is 15.0. The second-order valence-corrected chi connectivity index (χ2v) is 4.98. The molecule has 0 atom stereocenters. The molecule has 0 radical (unpaired) electrons. The number of rotatable bonds is 2. The number of benzene rings is 2. The van der Waals surface area contributed by atoms with Gasteiger partial charge in [0, 0.05) is 5.69 Å². The Bertz CT molecular complexity index is 873. The van der Waals surface area contributed by atoms with Crippen molar-refractivity contribution in [3.8, 4) is 5.69 Å². The van der Waals surface area contributed by atoms with Crippen LogP contribution in [0.5, 0.6) is 0 Å². The highest BCUT2D eigenvalue weighted by atomic mass is 35.5. The number of carboxylic acids is 1. The van der Waals surface area contributed by atoms with Crippen LogP contribution in [-0.4, -0.2) is 20.6 Å². The number of carboxylic acid groups (broad SMARTS) is 1. The fourth-order valence-electron chi connectivity index (χ4n) is 2.36. The van der Waals surface area contributed by atoms with E-state index in [1.54, 1.807) is 23.6 Å². The zero-order chi connectivity index (χ0) is 15.1. The first-order valence-corrected chi connectivity index (χ1v) is 6.53. The molecule has 0 amide bonds. The summed E-state index contributed by atoms with van der Waals surface area (Å²) in [5.41, 5.74) is 1.72. The van der Waals surface area contributed by atoms with Crippen LogP contribution in [0.25, 0.3) is 16.7 Å². The molecule has 6 heteroatoms. The van der Waals surface area contributed by atoms with Crippen molar-refractivity contribution in [3.05, 3.63) is 58.6 Å². The molecule has 0 aliphatic heterocycles. The van der Waals surface area contributed by atoms with Crippen molar-refractivity contribution in [3.63, 3.8) is 0 Å². The lowest BCUT2D eigenvalue weighted by molar-refractivity contribution is 0.0698. The van der Waals surface area contributed by atoms with Crippen molar-refractivity contribution in [1.29, 1.82) is 0 Å². The van der Waals surface area contributed by atoms with Crippen LogP contribution < -0.4 is 0 Å². The smallest absolute Gasteiger partial charge is 0.337 e. The third kappa shape index (κ3) is 2.15. The summed E-state index contributed by atoms with van der Waals surface area (Å²) in [5.74, 6) is -0.975. The van der Waals surface area contributed by atoms with Gasteiger partial charge in [-0.1, -0.05) is 17.7 Å². The zero-order valence-corrected chi connectivity index (χ0v) is 11.7. The number of nitrogens with zero attached hydrogens (tertiary/aromatic N) is 2. The van der Waals surface area contributed by atoms with Crippen LogP contribution in [0.4, 0.5) is 4.39 Å². The van der Waals surface area contributed by atoms with E-state index >= 15 is 0 Å². The lowest BCUT2D eigenvalue weighted by atomic mass is 10.1. The number of carbonyl (C=O) groups is 1. The predicted molar refractivity (Wildman–Crippen MR) is 77.7 cm³/mol. The van der Waals surface area contributed by atoms with Crippen LogP contribution in [0.3, 0.4) is 0 Å². The van der Waals surface area contributed by atoms with E-state index in [0.717, 1.165) is 0 Å². The van der Waals surface area contributed by atoms with E-state index in [0.29, 0.717) is 22.5 Å². The monoisotopic (exact) mass is 304 g/mol. The molecule has 106 valence electrons. The van der Waals surface area contributed by atoms with Gasteiger partial charge < -0.3 is 5.11 Å². The molecular weight excluding hydrogens is 295 g/mol. The number of aryl methyl sites for hydroxylation is 1. The first kappa shape index (κ1) is 13.6. The topological polar surface area (TPSA) is 55.1 Å². The first-order valence-electron chi connectivity index (χ1n) is 6.16. The van der Waals surface area contributed by atoms with E-state index in [1.165, 1.54) is 24.3 Å². The van der Waals surface area contributed by atoms with Gasteiger partial charge in [-0.2, -0.15) is 0 Å². The van der Waals surface area contributed by atoms with Gasteiger partial charge in [0.25, 0.3) is 0 Å². The largest absolute Gasteiger partial charge is 0.478 e. The molecular formula is C15H10ClFN2O2. The summed E-state index contributed by atoms with van der Waals surface area (Å²) in [6.45, 7) is 1.75. The Morgan fingerprint density at radius 2 is 2.10 bits per heavy atom. The number of imidazole rings is 1. The quantitative estimate of drug-likeness (QED) is 0.783. The minimum absolute atomic E-state index is 0.0263. The molecule has 21 heavy (non-hydrogen) atoms. The van der Waals surface area contributed by atoms with Crippen LogP contribution in [0, 0.1) is 12.7 Å². The highest BCUT2D eigenvalue weighted by Gasteiger charge is 2.17. The number of aromatic nitrogens is 2. The third-order valence-electron chi connectivity index (χ3n) is 3.24. The number of aromatic carboxylic acids is 1. The van der Waals surface area contributed by atoms with Gasteiger partial charge in [-0.15, -0.1) is 0 Å². The lowest BCUT2D eigenvalue weighted by Gasteiger charge is -2.09. The minimum atomic E-state index is -1.05. The highest BCUT2D eigenvalue weighted by Crippen LogP contribution is 2.27. The normalized spacial score (nSPS) is 11.0. The molecule has 0 saturated carbocycles. The van der Waals surface area contributed by atoms with E-state index < -0.39 is 11.8 Å². The predicted octanol–water partition coefficient (Wildman–Crippen LogP) is 3.82. The average molecular weight is 305 g/mol. The molecule has 0 unspecified atom stereocenters. The Balaban J connectivity index is 2.38. The van der Waals surface area contributed by atoms with Crippen LogP contribution >= 0.6 is 11.6 Å². The van der Waals surface area contributed by atoms with Crippen LogP contribution in [0.15, 0.2) is 36.4 Å². The lowest BCUT2D eigenvalue weighted by Crippen LogP contribution is -2.03. The highest BCUT2D eigenvalue weighted by molar-refractivity contribution is 6.30. The number of hydrogen-bond donors (Lipinski definition) is 1. The zero-order valence-electron chi connectivity index (χ0n) is 11.0. The fraction of sp³-hybridized carbons (Fsp3) is 0.0667. The second kappa shape index (κ2) is 4.86. The van der Waals surface area contributed by atoms with Gasteiger partial charge in [-0.3, -0.25) is 4.57 Å². The van der Waals surface area contributed by atoms with Crippen molar-refractivity contribution in [2.24, 2.45) is 0 Å². The molecule has 3 aromatic rings. The van der Waals surface area contributed by atoms with Crippen molar-refractivity contribution in [2.45, 2.75) is 6.92 Å². The number of halogens is 2. The molecule has 3 rings (SSSR count). The molecule has 0 aliphatic rings. The maximum Gasteiger partial charge on any atom is 0.337 e. The summed E-state index contributed by atoms with van der Waals surface area (Å²) in [7, 11) is 0. The summed E-state index contributed by atoms with van der Waals surface area (Å²) >= 11 is 5.81. The van der Waals surface area contributed by atoms with Gasteiger partial charge in [-0.25, -0.2) is 14.2 Å². The maximum atomic E-state index is 13.3. The van der Waals surface area contributed by atoms with Crippen molar-refractivity contribution < 1.29 is 14.3 Å². The molecule has 0 fully saturated rings. The Morgan fingerprint density at radius 3 is 2.76 bits per heavy atom. The van der Waals surface area contributed by atoms with Gasteiger partial charge in [0.1, 0.15) is 11.6 Å². The molecule has 0 bridgehead atoms. The van der Waals surface area contributed by atoms with E-state index in [9.17, 15) is 14.3 Å². The Morgan fingerprint density at radius 1 is 1.33 bits per heavy atom. The molecule has 4 nitrogen and oxygen atoms in total. The average Bonchev–Trinajstić information content (AvgIpc) is 2.77. The van der Waals surface area contributed by atoms with E-state index in [-0.39, 0.29) is 10.6 Å². The molecule has 0 spiro atoms. The Kier molecular flexibility index (Phi) is 3.14. The van der Waals surface area contributed by atoms with E-state index in [4.69, 9.17) is 11.6 Å². The Labute approximate surface area is 124 Å². The van der Waals surface area contributed by atoms with Gasteiger partial charge >= 0.3 is 5.97 Å². The van der Waals surface area contributed by atoms with Crippen LogP contribution in [0.2, 0.25) is 5.02 Å². The summed E-state index contributed by atoms with van der Waals surface area (Å²) in [6.07, 6.45) is 0. The molecule has 0 aliphatic carbocycles. The summed E-state index contributed by atoms with van der Waals surface area (Å²) in [6, 6.07) is 9.11. The number of hydrogen-bond acceptors (Lipinski definition) is 2. The maximum absolute atomic E-state index is 13.3. The standard InChI is InChI=1S/C15H10ClFN2O2/c1-8-18-13-4-2-3-10(15(20)21)14(13)19(8)9-5-6-12(17)11(16)7-9/h2-7H,1H3,(H,20,21). The van der Waals surface area contributed by atoms with Gasteiger partial charge in [0.05, 0.1) is 21.6 Å². The van der Waals surface area contributed by atoms with E-state index in [2.05, 4.69) is 4.98 Å². The third-order valence-corrected chi connectivity index (χ3v) is 3.53. The molecule has 0 saturated heterocycles. The van der Waals surface area contributed by atoms with E-state index in [1.807, 2.05) is 0 Å². The van der Waals surface area contributed by atoms with Gasteiger partial charge in [-0.05, 0) is 37.3 Å². The SMILES string of the molecule is Cc1nc2cccc(C(=O)O)c2n1-c1ccc(F)c(Cl)c1. The van der Waals surface area contributed by atoms with Crippen molar-refractivity contribution in [2.75, 3.05) is 0 Å². The number of fused-ring (bicyclic) bond motifs is 1. The molecule has 1 N–H and O–H groups in total. The number of para-hydroxylation sites is 1. The molecule has 2 aromatic carbocycles. The van der Waals surface area contributed by atoms with Gasteiger partial charge in [0.15, 0.2) is 0 Å².